The number of benzene rings is 2. The fourth-order valence-corrected chi connectivity index (χ4v) is 3.39. The van der Waals surface area contributed by atoms with Gasteiger partial charge < -0.3 is 10.1 Å². The molecule has 0 unspecified atom stereocenters. The van der Waals surface area contributed by atoms with E-state index in [-0.39, 0.29) is 11.7 Å². The van der Waals surface area contributed by atoms with Crippen molar-refractivity contribution in [3.8, 4) is 11.4 Å². The fraction of sp³-hybridized carbons (Fsp3) is 0.190. The Hall–Kier alpha value is -3.12. The third-order valence-corrected chi connectivity index (χ3v) is 4.91. The maximum absolute atomic E-state index is 12.8. The molecule has 0 fully saturated rings. The van der Waals surface area contributed by atoms with Gasteiger partial charge in [-0.1, -0.05) is 29.8 Å². The molecule has 142 valence electrons. The topological polar surface area (TPSA) is 73.2 Å². The molecule has 0 radical (unpaired) electrons. The van der Waals surface area contributed by atoms with Crippen LogP contribution in [0.3, 0.4) is 0 Å². The van der Waals surface area contributed by atoms with Crippen LogP contribution in [0.15, 0.2) is 59.4 Å². The summed E-state index contributed by atoms with van der Waals surface area (Å²) in [6, 6.07) is 15.8. The molecule has 4 rings (SSSR count). The molecule has 1 N–H and O–H groups in total. The number of nitrogens with one attached hydrogen (secondary N) is 1. The van der Waals surface area contributed by atoms with Crippen LogP contribution in [0.4, 0.5) is 0 Å². The molecule has 0 spiro atoms. The number of hydrogen-bond donors (Lipinski definition) is 1. The minimum atomic E-state index is -0.505. The molecular weight excluding hydrogens is 378 g/mol. The van der Waals surface area contributed by atoms with Gasteiger partial charge in [0.25, 0.3) is 5.91 Å². The van der Waals surface area contributed by atoms with Crippen LogP contribution < -0.4 is 15.5 Å². The van der Waals surface area contributed by atoms with Crippen molar-refractivity contribution in [3.05, 3.63) is 86.8 Å². The molecule has 0 saturated carbocycles. The van der Waals surface area contributed by atoms with E-state index in [0.29, 0.717) is 29.4 Å². The standard InChI is InChI=1S/C21H18ClN3O3/c1-13-12-18(26)20(24-25(13)15-8-6-14(22)7-9-15)21(27)23-17-10-11-28-19-5-3-2-4-16(17)19/h2-9,12,17H,10-11H2,1H3,(H,23,27)/t17-/m0/s1. The summed E-state index contributed by atoms with van der Waals surface area (Å²) >= 11 is 5.94. The molecule has 1 aliphatic heterocycles. The lowest BCUT2D eigenvalue weighted by Gasteiger charge is -2.26. The molecule has 1 atom stereocenters. The number of ether oxygens (including phenoxy) is 1. The van der Waals surface area contributed by atoms with Gasteiger partial charge in [-0.25, -0.2) is 4.68 Å². The molecular formula is C21H18ClN3O3. The van der Waals surface area contributed by atoms with Crippen LogP contribution in [0.1, 0.15) is 34.2 Å². The highest BCUT2D eigenvalue weighted by Crippen LogP contribution is 2.31. The fourth-order valence-electron chi connectivity index (χ4n) is 3.27. The molecule has 6 nitrogen and oxygen atoms in total. The third kappa shape index (κ3) is 3.51. The summed E-state index contributed by atoms with van der Waals surface area (Å²) in [6.07, 6.45) is 0.625. The predicted octanol–water partition coefficient (Wildman–Crippen LogP) is 3.45. The van der Waals surface area contributed by atoms with Gasteiger partial charge in [-0.05, 0) is 37.3 Å². The van der Waals surface area contributed by atoms with E-state index >= 15 is 0 Å². The summed E-state index contributed by atoms with van der Waals surface area (Å²) in [5.74, 6) is 0.240. The smallest absolute Gasteiger partial charge is 0.276 e. The predicted molar refractivity (Wildman–Crippen MR) is 106 cm³/mol. The van der Waals surface area contributed by atoms with Crippen LogP contribution in [0, 0.1) is 6.92 Å². The van der Waals surface area contributed by atoms with Gasteiger partial charge >= 0.3 is 0 Å². The second-order valence-electron chi connectivity index (χ2n) is 6.59. The molecule has 2 aromatic carbocycles. The maximum atomic E-state index is 12.8. The highest BCUT2D eigenvalue weighted by atomic mass is 35.5. The first-order valence-electron chi connectivity index (χ1n) is 8.92. The van der Waals surface area contributed by atoms with Gasteiger partial charge in [-0.2, -0.15) is 5.10 Å². The Bertz CT molecular complexity index is 1090. The number of aryl methyl sites for hydroxylation is 1. The molecule has 2 heterocycles. The Morgan fingerprint density at radius 2 is 1.96 bits per heavy atom. The van der Waals surface area contributed by atoms with Gasteiger partial charge in [0.1, 0.15) is 5.75 Å². The average molecular weight is 396 g/mol. The number of nitrogens with zero attached hydrogens (tertiary/aromatic N) is 2. The molecule has 7 heteroatoms. The van der Waals surface area contributed by atoms with Crippen LogP contribution in [0.5, 0.6) is 5.75 Å². The minimum Gasteiger partial charge on any atom is -0.493 e. The van der Waals surface area contributed by atoms with E-state index in [1.165, 1.54) is 6.07 Å². The number of hydrogen-bond acceptors (Lipinski definition) is 4. The van der Waals surface area contributed by atoms with E-state index < -0.39 is 11.3 Å². The number of fused-ring (bicyclic) bond motifs is 1. The first-order valence-corrected chi connectivity index (χ1v) is 9.30. The third-order valence-electron chi connectivity index (χ3n) is 4.66. The van der Waals surface area contributed by atoms with Crippen molar-refractivity contribution >= 4 is 17.5 Å². The Balaban J connectivity index is 1.66. The van der Waals surface area contributed by atoms with Gasteiger partial charge in [0, 0.05) is 28.8 Å². The zero-order valence-corrected chi connectivity index (χ0v) is 15.9. The van der Waals surface area contributed by atoms with Crippen LogP contribution in [-0.2, 0) is 0 Å². The average Bonchev–Trinajstić information content (AvgIpc) is 2.69. The molecule has 0 bridgehead atoms. The Morgan fingerprint density at radius 3 is 2.75 bits per heavy atom. The van der Waals surface area contributed by atoms with Crippen LogP contribution in [-0.4, -0.2) is 22.3 Å². The number of carbonyl (C=O) groups is 1. The van der Waals surface area contributed by atoms with E-state index in [2.05, 4.69) is 10.4 Å². The zero-order chi connectivity index (χ0) is 19.7. The molecule has 0 saturated heterocycles. The van der Waals surface area contributed by atoms with Gasteiger partial charge in [0.15, 0.2) is 5.69 Å². The number of rotatable bonds is 3. The first kappa shape index (κ1) is 18.3. The van der Waals surface area contributed by atoms with Crippen molar-refractivity contribution in [2.75, 3.05) is 6.61 Å². The normalized spacial score (nSPS) is 15.4. The van der Waals surface area contributed by atoms with Crippen molar-refractivity contribution in [2.45, 2.75) is 19.4 Å². The van der Waals surface area contributed by atoms with Gasteiger partial charge in [0.2, 0.25) is 5.43 Å². The summed E-state index contributed by atoms with van der Waals surface area (Å²) in [6.45, 7) is 2.26. The van der Waals surface area contributed by atoms with Crippen molar-refractivity contribution in [1.82, 2.24) is 15.1 Å². The molecule has 0 aliphatic carbocycles. The van der Waals surface area contributed by atoms with Crippen molar-refractivity contribution in [1.29, 1.82) is 0 Å². The zero-order valence-electron chi connectivity index (χ0n) is 15.2. The molecule has 1 aromatic heterocycles. The summed E-state index contributed by atoms with van der Waals surface area (Å²) in [5.41, 5.74) is 1.67. The largest absolute Gasteiger partial charge is 0.493 e. The summed E-state index contributed by atoms with van der Waals surface area (Å²) < 4.78 is 7.18. The molecule has 1 aliphatic rings. The van der Waals surface area contributed by atoms with Crippen molar-refractivity contribution in [3.63, 3.8) is 0 Å². The number of para-hydroxylation sites is 1. The van der Waals surface area contributed by atoms with Crippen molar-refractivity contribution < 1.29 is 9.53 Å². The van der Waals surface area contributed by atoms with Gasteiger partial charge in [-0.3, -0.25) is 9.59 Å². The monoisotopic (exact) mass is 395 g/mol. The van der Waals surface area contributed by atoms with Crippen LogP contribution in [0.2, 0.25) is 5.02 Å². The Morgan fingerprint density at radius 1 is 1.21 bits per heavy atom. The van der Waals surface area contributed by atoms with E-state index in [4.69, 9.17) is 16.3 Å². The van der Waals surface area contributed by atoms with E-state index in [1.807, 2.05) is 24.3 Å². The Kier molecular flexibility index (Phi) is 4.88. The number of aromatic nitrogens is 2. The van der Waals surface area contributed by atoms with E-state index in [9.17, 15) is 9.59 Å². The highest BCUT2D eigenvalue weighted by Gasteiger charge is 2.25. The number of amides is 1. The summed E-state index contributed by atoms with van der Waals surface area (Å²) in [4.78, 5) is 25.3. The van der Waals surface area contributed by atoms with E-state index in [0.717, 1.165) is 11.3 Å². The Labute approximate surface area is 166 Å². The summed E-state index contributed by atoms with van der Waals surface area (Å²) in [5, 5.41) is 7.83. The number of carbonyl (C=O) groups excluding carboxylic acids is 1. The van der Waals surface area contributed by atoms with Gasteiger partial charge in [0.05, 0.1) is 18.3 Å². The second kappa shape index (κ2) is 7.48. The second-order valence-corrected chi connectivity index (χ2v) is 7.02. The maximum Gasteiger partial charge on any atom is 0.276 e. The van der Waals surface area contributed by atoms with Gasteiger partial charge in [-0.15, -0.1) is 0 Å². The van der Waals surface area contributed by atoms with Crippen LogP contribution in [0.25, 0.3) is 5.69 Å². The highest BCUT2D eigenvalue weighted by molar-refractivity contribution is 6.30. The lowest BCUT2D eigenvalue weighted by Crippen LogP contribution is -2.36. The van der Waals surface area contributed by atoms with E-state index in [1.54, 1.807) is 35.9 Å². The lowest BCUT2D eigenvalue weighted by atomic mass is 10.0. The quantitative estimate of drug-likeness (QED) is 0.737. The van der Waals surface area contributed by atoms with Crippen LogP contribution >= 0.6 is 11.6 Å². The molecule has 1 amide bonds. The number of halogens is 1. The molecule has 3 aromatic rings. The summed E-state index contributed by atoms with van der Waals surface area (Å²) in [7, 11) is 0. The van der Waals surface area contributed by atoms with Crippen molar-refractivity contribution in [2.24, 2.45) is 0 Å². The minimum absolute atomic E-state index is 0.149. The lowest BCUT2D eigenvalue weighted by molar-refractivity contribution is 0.0916. The molecule has 28 heavy (non-hydrogen) atoms. The SMILES string of the molecule is Cc1cc(=O)c(C(=O)N[C@H]2CCOc3ccccc32)nn1-c1ccc(Cl)cc1. The first-order chi connectivity index (χ1) is 13.5.